The van der Waals surface area contributed by atoms with Gasteiger partial charge in [0.15, 0.2) is 0 Å². The van der Waals surface area contributed by atoms with E-state index in [1.54, 1.807) is 11.3 Å². The molecule has 1 N–H and O–H groups in total. The van der Waals surface area contributed by atoms with Crippen molar-refractivity contribution in [3.05, 3.63) is 43.7 Å². The van der Waals surface area contributed by atoms with Gasteiger partial charge in [0.2, 0.25) is 0 Å². The van der Waals surface area contributed by atoms with Crippen LogP contribution in [-0.2, 0) is 0 Å². The Morgan fingerprint density at radius 2 is 2.10 bits per heavy atom. The molecule has 0 aliphatic heterocycles. The molecule has 2 saturated carbocycles. The van der Waals surface area contributed by atoms with Crippen LogP contribution in [0.4, 0.5) is 0 Å². The summed E-state index contributed by atoms with van der Waals surface area (Å²) in [5.41, 5.74) is 0.635. The van der Waals surface area contributed by atoms with Gasteiger partial charge in [-0.05, 0) is 60.6 Å². The van der Waals surface area contributed by atoms with Crippen LogP contribution in [0.2, 0.25) is 4.34 Å². The summed E-state index contributed by atoms with van der Waals surface area (Å²) < 4.78 is 0.881. The van der Waals surface area contributed by atoms with E-state index < -0.39 is 0 Å². The van der Waals surface area contributed by atoms with Crippen LogP contribution in [-0.4, -0.2) is 6.54 Å². The van der Waals surface area contributed by atoms with Gasteiger partial charge in [-0.3, -0.25) is 0 Å². The smallest absolute Gasteiger partial charge is 0.0931 e. The average molecular weight is 324 g/mol. The van der Waals surface area contributed by atoms with Gasteiger partial charge in [0, 0.05) is 16.3 Å². The minimum absolute atomic E-state index is 0.323. The van der Waals surface area contributed by atoms with Gasteiger partial charge in [0.05, 0.1) is 10.4 Å². The molecule has 1 atom stereocenters. The molecule has 0 spiro atoms. The average Bonchev–Trinajstić information content (AvgIpc) is 3.33. The Morgan fingerprint density at radius 3 is 2.65 bits per heavy atom. The first-order valence-corrected chi connectivity index (χ1v) is 9.36. The summed E-state index contributed by atoms with van der Waals surface area (Å²) in [6, 6.07) is 8.87. The zero-order valence-corrected chi connectivity index (χ0v) is 13.7. The van der Waals surface area contributed by atoms with Crippen LogP contribution in [0.25, 0.3) is 0 Å². The highest BCUT2D eigenvalue weighted by molar-refractivity contribution is 7.16. The van der Waals surface area contributed by atoms with Gasteiger partial charge in [-0.1, -0.05) is 17.7 Å². The number of nitrogens with one attached hydrogen (secondary N) is 1. The van der Waals surface area contributed by atoms with Crippen molar-refractivity contribution in [2.75, 3.05) is 6.54 Å². The van der Waals surface area contributed by atoms with Crippen LogP contribution >= 0.6 is 34.3 Å². The normalized spacial score (nSPS) is 21.9. The molecule has 20 heavy (non-hydrogen) atoms. The fraction of sp³-hybridized carbons (Fsp3) is 0.500. The van der Waals surface area contributed by atoms with E-state index in [-0.39, 0.29) is 0 Å². The van der Waals surface area contributed by atoms with Crippen LogP contribution < -0.4 is 5.32 Å². The molecule has 0 aromatic carbocycles. The highest BCUT2D eigenvalue weighted by Crippen LogP contribution is 2.61. The molecule has 106 valence electrons. The zero-order valence-electron chi connectivity index (χ0n) is 11.3. The van der Waals surface area contributed by atoms with Crippen LogP contribution in [0.15, 0.2) is 29.6 Å². The van der Waals surface area contributed by atoms with E-state index >= 15 is 0 Å². The lowest BCUT2D eigenvalue weighted by Gasteiger charge is -2.21. The lowest BCUT2D eigenvalue weighted by Crippen LogP contribution is -2.29. The number of halogens is 1. The number of rotatable bonds is 6. The monoisotopic (exact) mass is 323 g/mol. The van der Waals surface area contributed by atoms with E-state index in [0.29, 0.717) is 11.5 Å². The molecule has 0 radical (unpaired) electrons. The summed E-state index contributed by atoms with van der Waals surface area (Å²) in [7, 11) is 0. The van der Waals surface area contributed by atoms with Crippen LogP contribution in [0, 0.1) is 11.3 Å². The molecule has 0 amide bonds. The second-order valence-corrected chi connectivity index (χ2v) is 8.83. The summed E-state index contributed by atoms with van der Waals surface area (Å²) in [6.07, 6.45) is 5.76. The molecular formula is C16H18ClNS2. The summed E-state index contributed by atoms with van der Waals surface area (Å²) in [6.45, 7) is 1.16. The van der Waals surface area contributed by atoms with E-state index in [2.05, 4.69) is 28.9 Å². The maximum atomic E-state index is 6.12. The standard InChI is InChI=1S/C16H18ClNS2/c17-14-6-5-13(20-14)15(12-2-1-9-19-12)18-10-16(7-8-16)11-3-4-11/h1-2,5-6,9,11,15,18H,3-4,7-8,10H2. The Balaban J connectivity index is 1.53. The lowest BCUT2D eigenvalue weighted by molar-refractivity contribution is 0.391. The molecule has 2 aliphatic rings. The molecule has 2 aliphatic carbocycles. The van der Waals surface area contributed by atoms with E-state index in [9.17, 15) is 0 Å². The fourth-order valence-corrected chi connectivity index (χ4v) is 5.22. The molecule has 2 aromatic heterocycles. The van der Waals surface area contributed by atoms with Crippen molar-refractivity contribution in [2.45, 2.75) is 31.7 Å². The van der Waals surface area contributed by atoms with Gasteiger partial charge in [0.25, 0.3) is 0 Å². The fourth-order valence-electron chi connectivity index (χ4n) is 3.17. The second kappa shape index (κ2) is 5.13. The minimum atomic E-state index is 0.323. The first-order chi connectivity index (χ1) is 9.77. The zero-order chi connectivity index (χ0) is 13.6. The Morgan fingerprint density at radius 1 is 1.25 bits per heavy atom. The number of hydrogen-bond acceptors (Lipinski definition) is 3. The SMILES string of the molecule is Clc1ccc(C(NCC2(C3CC3)CC2)c2cccs2)s1. The second-order valence-electron chi connectivity index (χ2n) is 6.11. The van der Waals surface area contributed by atoms with E-state index in [1.165, 1.54) is 35.4 Å². The van der Waals surface area contributed by atoms with Crippen molar-refractivity contribution in [1.29, 1.82) is 0 Å². The predicted molar refractivity (Wildman–Crippen MR) is 87.9 cm³/mol. The van der Waals surface area contributed by atoms with Crippen molar-refractivity contribution in [2.24, 2.45) is 11.3 Å². The minimum Gasteiger partial charge on any atom is -0.304 e. The van der Waals surface area contributed by atoms with Crippen molar-refractivity contribution in [3.63, 3.8) is 0 Å². The third kappa shape index (κ3) is 2.57. The quantitative estimate of drug-likeness (QED) is 0.757. The Labute approximate surface area is 133 Å². The molecule has 1 unspecified atom stereocenters. The molecule has 0 bridgehead atoms. The summed E-state index contributed by atoms with van der Waals surface area (Å²) in [5, 5.41) is 6.00. The van der Waals surface area contributed by atoms with Gasteiger partial charge in [-0.2, -0.15) is 0 Å². The third-order valence-corrected chi connectivity index (χ3v) is 6.93. The third-order valence-electron chi connectivity index (χ3n) is 4.70. The maximum Gasteiger partial charge on any atom is 0.0931 e. The van der Waals surface area contributed by atoms with Gasteiger partial charge in [-0.15, -0.1) is 22.7 Å². The Kier molecular flexibility index (Phi) is 3.42. The van der Waals surface area contributed by atoms with Crippen LogP contribution in [0.1, 0.15) is 41.5 Å². The van der Waals surface area contributed by atoms with Gasteiger partial charge in [0.1, 0.15) is 0 Å². The van der Waals surface area contributed by atoms with Gasteiger partial charge >= 0.3 is 0 Å². The molecule has 2 heterocycles. The first-order valence-electron chi connectivity index (χ1n) is 7.29. The first kappa shape index (κ1) is 13.3. The highest BCUT2D eigenvalue weighted by atomic mass is 35.5. The van der Waals surface area contributed by atoms with Crippen LogP contribution in [0.5, 0.6) is 0 Å². The Bertz CT molecular complexity index is 581. The van der Waals surface area contributed by atoms with Crippen molar-refractivity contribution < 1.29 is 0 Å². The number of hydrogen-bond donors (Lipinski definition) is 1. The van der Waals surface area contributed by atoms with E-state index in [4.69, 9.17) is 11.6 Å². The lowest BCUT2D eigenvalue weighted by atomic mass is 10.00. The summed E-state index contributed by atoms with van der Waals surface area (Å²) in [4.78, 5) is 2.74. The topological polar surface area (TPSA) is 12.0 Å². The van der Waals surface area contributed by atoms with Gasteiger partial charge < -0.3 is 5.32 Å². The maximum absolute atomic E-state index is 6.12. The Hall–Kier alpha value is -0.350. The molecule has 4 heteroatoms. The van der Waals surface area contributed by atoms with E-state index in [0.717, 1.165) is 16.8 Å². The van der Waals surface area contributed by atoms with E-state index in [1.807, 2.05) is 17.4 Å². The molecular weight excluding hydrogens is 306 g/mol. The largest absolute Gasteiger partial charge is 0.304 e. The van der Waals surface area contributed by atoms with Crippen molar-refractivity contribution in [3.8, 4) is 0 Å². The number of thiophene rings is 2. The molecule has 0 saturated heterocycles. The molecule has 2 fully saturated rings. The molecule has 1 nitrogen and oxygen atoms in total. The molecule has 2 aromatic rings. The summed E-state index contributed by atoms with van der Waals surface area (Å²) >= 11 is 9.65. The van der Waals surface area contributed by atoms with Crippen LogP contribution in [0.3, 0.4) is 0 Å². The predicted octanol–water partition coefficient (Wildman–Crippen LogP) is 5.33. The van der Waals surface area contributed by atoms with Crippen molar-refractivity contribution in [1.82, 2.24) is 5.32 Å². The molecule has 4 rings (SSSR count). The van der Waals surface area contributed by atoms with Crippen molar-refractivity contribution >= 4 is 34.3 Å². The highest BCUT2D eigenvalue weighted by Gasteiger charge is 2.53. The summed E-state index contributed by atoms with van der Waals surface area (Å²) in [5.74, 6) is 1.01. The van der Waals surface area contributed by atoms with Gasteiger partial charge in [-0.25, -0.2) is 0 Å².